The van der Waals surface area contributed by atoms with Gasteiger partial charge >= 0.3 is 5.97 Å². The van der Waals surface area contributed by atoms with E-state index in [0.29, 0.717) is 30.1 Å². The second kappa shape index (κ2) is 8.95. The van der Waals surface area contributed by atoms with Crippen LogP contribution < -0.4 is 10.2 Å². The standard InChI is InChI=1S/C16H24N4O4/c1-11(19-20-13(21)8-16(2,3)4)12-9-18-14(10-17-12)24-7-5-6-15(22)23/h9-10H,5-8H2,1-4H3,(H,20,21)(H,22,23)/b19-11-. The van der Waals surface area contributed by atoms with Crippen molar-refractivity contribution in [3.05, 3.63) is 18.1 Å². The number of nitrogens with one attached hydrogen (secondary N) is 1. The summed E-state index contributed by atoms with van der Waals surface area (Å²) in [6, 6.07) is 0. The van der Waals surface area contributed by atoms with E-state index in [4.69, 9.17) is 9.84 Å². The summed E-state index contributed by atoms with van der Waals surface area (Å²) in [5, 5.41) is 12.5. The van der Waals surface area contributed by atoms with Crippen molar-refractivity contribution in [3.8, 4) is 5.88 Å². The molecule has 0 atom stereocenters. The fraction of sp³-hybridized carbons (Fsp3) is 0.562. The SMILES string of the molecule is C/C(=N/NC(=O)CC(C)(C)C)c1cnc(OCCCC(=O)O)cn1. The zero-order valence-corrected chi connectivity index (χ0v) is 14.5. The number of hydrogen-bond donors (Lipinski definition) is 2. The van der Waals surface area contributed by atoms with Crippen LogP contribution in [0.3, 0.4) is 0 Å². The van der Waals surface area contributed by atoms with E-state index in [1.54, 1.807) is 6.92 Å². The number of amides is 1. The number of carboxylic acid groups (broad SMARTS) is 1. The molecule has 8 heteroatoms. The lowest BCUT2D eigenvalue weighted by Crippen LogP contribution is -2.24. The molecule has 0 unspecified atom stereocenters. The third kappa shape index (κ3) is 8.21. The molecule has 1 heterocycles. The molecule has 0 bridgehead atoms. The number of hydrogen-bond acceptors (Lipinski definition) is 6. The molecule has 0 aliphatic heterocycles. The first kappa shape index (κ1) is 19.5. The minimum Gasteiger partial charge on any atom is -0.481 e. The molecule has 0 fully saturated rings. The van der Waals surface area contributed by atoms with Crippen molar-refractivity contribution in [3.63, 3.8) is 0 Å². The van der Waals surface area contributed by atoms with Gasteiger partial charge in [0.15, 0.2) is 0 Å². The van der Waals surface area contributed by atoms with Crippen LogP contribution in [0.4, 0.5) is 0 Å². The molecule has 0 aliphatic carbocycles. The number of carboxylic acids is 1. The number of rotatable bonds is 8. The highest BCUT2D eigenvalue weighted by Crippen LogP contribution is 2.17. The summed E-state index contributed by atoms with van der Waals surface area (Å²) in [6.07, 6.45) is 3.75. The molecule has 1 aromatic heterocycles. The Hall–Kier alpha value is -2.51. The molecule has 1 rings (SSSR count). The van der Waals surface area contributed by atoms with E-state index in [0.717, 1.165) is 0 Å². The fourth-order valence-corrected chi connectivity index (χ4v) is 1.70. The van der Waals surface area contributed by atoms with Crippen molar-refractivity contribution in [2.45, 2.75) is 47.0 Å². The summed E-state index contributed by atoms with van der Waals surface area (Å²) < 4.78 is 5.30. The maximum Gasteiger partial charge on any atom is 0.303 e. The van der Waals surface area contributed by atoms with E-state index in [1.807, 2.05) is 20.8 Å². The van der Waals surface area contributed by atoms with Crippen molar-refractivity contribution in [1.82, 2.24) is 15.4 Å². The highest BCUT2D eigenvalue weighted by molar-refractivity contribution is 5.97. The summed E-state index contributed by atoms with van der Waals surface area (Å²) >= 11 is 0. The van der Waals surface area contributed by atoms with Gasteiger partial charge in [-0.1, -0.05) is 20.8 Å². The lowest BCUT2D eigenvalue weighted by atomic mass is 9.92. The number of carbonyl (C=O) groups excluding carboxylic acids is 1. The highest BCUT2D eigenvalue weighted by atomic mass is 16.5. The van der Waals surface area contributed by atoms with Crippen molar-refractivity contribution in [2.24, 2.45) is 10.5 Å². The molecule has 132 valence electrons. The maximum atomic E-state index is 11.7. The van der Waals surface area contributed by atoms with Crippen LogP contribution in [0.2, 0.25) is 0 Å². The first-order valence-electron chi connectivity index (χ1n) is 7.67. The fourth-order valence-electron chi connectivity index (χ4n) is 1.70. The van der Waals surface area contributed by atoms with Gasteiger partial charge in [-0.25, -0.2) is 15.4 Å². The van der Waals surface area contributed by atoms with Crippen LogP contribution in [-0.4, -0.2) is 39.3 Å². The average molecular weight is 336 g/mol. The highest BCUT2D eigenvalue weighted by Gasteiger charge is 2.15. The van der Waals surface area contributed by atoms with Gasteiger partial charge in [-0.3, -0.25) is 9.59 Å². The minimum absolute atomic E-state index is 0.0472. The Morgan fingerprint density at radius 3 is 2.54 bits per heavy atom. The molecule has 0 spiro atoms. The molecule has 0 radical (unpaired) electrons. The van der Waals surface area contributed by atoms with Crippen molar-refractivity contribution in [1.29, 1.82) is 0 Å². The van der Waals surface area contributed by atoms with Crippen LogP contribution in [0, 0.1) is 5.41 Å². The number of ether oxygens (including phenoxy) is 1. The topological polar surface area (TPSA) is 114 Å². The van der Waals surface area contributed by atoms with E-state index in [9.17, 15) is 9.59 Å². The van der Waals surface area contributed by atoms with Crippen LogP contribution in [-0.2, 0) is 9.59 Å². The second-order valence-electron chi connectivity index (χ2n) is 6.56. The van der Waals surface area contributed by atoms with Gasteiger partial charge in [0.1, 0.15) is 5.69 Å². The van der Waals surface area contributed by atoms with Crippen molar-refractivity contribution in [2.75, 3.05) is 6.61 Å². The summed E-state index contributed by atoms with van der Waals surface area (Å²) in [4.78, 5) is 30.4. The maximum absolute atomic E-state index is 11.7. The Labute approximate surface area is 141 Å². The van der Waals surface area contributed by atoms with Crippen LogP contribution >= 0.6 is 0 Å². The smallest absolute Gasteiger partial charge is 0.303 e. The Kier molecular flexibility index (Phi) is 7.29. The average Bonchev–Trinajstić information content (AvgIpc) is 2.48. The minimum atomic E-state index is -0.861. The number of carbonyl (C=O) groups is 2. The largest absolute Gasteiger partial charge is 0.481 e. The van der Waals surface area contributed by atoms with Crippen LogP contribution in [0.5, 0.6) is 5.88 Å². The van der Waals surface area contributed by atoms with Gasteiger partial charge < -0.3 is 9.84 Å². The van der Waals surface area contributed by atoms with Crippen LogP contribution in [0.15, 0.2) is 17.5 Å². The van der Waals surface area contributed by atoms with E-state index in [-0.39, 0.29) is 24.3 Å². The monoisotopic (exact) mass is 336 g/mol. The van der Waals surface area contributed by atoms with Gasteiger partial charge in [0.25, 0.3) is 0 Å². The quantitative estimate of drug-likeness (QED) is 0.426. The Morgan fingerprint density at radius 1 is 1.29 bits per heavy atom. The molecular formula is C16H24N4O4. The van der Waals surface area contributed by atoms with Gasteiger partial charge in [-0.05, 0) is 18.8 Å². The second-order valence-corrected chi connectivity index (χ2v) is 6.56. The normalized spacial score (nSPS) is 11.9. The predicted octanol–water partition coefficient (Wildman–Crippen LogP) is 2.00. The Bertz CT molecular complexity index is 591. The first-order valence-corrected chi connectivity index (χ1v) is 7.67. The Morgan fingerprint density at radius 2 is 2.00 bits per heavy atom. The third-order valence-corrected chi connectivity index (χ3v) is 2.82. The first-order chi connectivity index (χ1) is 11.2. The van der Waals surface area contributed by atoms with Crippen molar-refractivity contribution < 1.29 is 19.4 Å². The van der Waals surface area contributed by atoms with Crippen LogP contribution in [0.25, 0.3) is 0 Å². The van der Waals surface area contributed by atoms with E-state index in [1.165, 1.54) is 12.4 Å². The molecule has 0 saturated carbocycles. The lowest BCUT2D eigenvalue weighted by molar-refractivity contribution is -0.137. The predicted molar refractivity (Wildman–Crippen MR) is 88.8 cm³/mol. The van der Waals surface area contributed by atoms with Gasteiger partial charge in [0.05, 0.1) is 24.7 Å². The molecule has 1 amide bonds. The summed E-state index contributed by atoms with van der Waals surface area (Å²) in [7, 11) is 0. The van der Waals surface area contributed by atoms with E-state index in [2.05, 4.69) is 20.5 Å². The third-order valence-electron chi connectivity index (χ3n) is 2.82. The van der Waals surface area contributed by atoms with Crippen LogP contribution in [0.1, 0.15) is 52.7 Å². The zero-order valence-electron chi connectivity index (χ0n) is 14.5. The van der Waals surface area contributed by atoms with Gasteiger partial charge in [-0.15, -0.1) is 0 Å². The number of nitrogens with zero attached hydrogens (tertiary/aromatic N) is 3. The molecule has 0 aliphatic rings. The summed E-state index contributed by atoms with van der Waals surface area (Å²) in [5.41, 5.74) is 3.44. The molecule has 8 nitrogen and oxygen atoms in total. The Balaban J connectivity index is 2.50. The molecule has 0 saturated heterocycles. The molecule has 2 N–H and O–H groups in total. The van der Waals surface area contributed by atoms with Gasteiger partial charge in [0, 0.05) is 12.8 Å². The van der Waals surface area contributed by atoms with E-state index < -0.39 is 5.97 Å². The number of aliphatic carboxylic acids is 1. The number of aromatic nitrogens is 2. The summed E-state index contributed by atoms with van der Waals surface area (Å²) in [5.74, 6) is -0.706. The molecule has 1 aromatic rings. The van der Waals surface area contributed by atoms with Gasteiger partial charge in [-0.2, -0.15) is 5.10 Å². The lowest BCUT2D eigenvalue weighted by Gasteiger charge is -2.16. The number of hydrazone groups is 1. The molecular weight excluding hydrogens is 312 g/mol. The van der Waals surface area contributed by atoms with Crippen molar-refractivity contribution >= 4 is 17.6 Å². The summed E-state index contributed by atoms with van der Waals surface area (Å²) in [6.45, 7) is 7.91. The zero-order chi connectivity index (χ0) is 18.2. The van der Waals surface area contributed by atoms with Gasteiger partial charge in [0.2, 0.25) is 11.8 Å². The molecule has 0 aromatic carbocycles. The van der Waals surface area contributed by atoms with E-state index >= 15 is 0 Å². The molecule has 24 heavy (non-hydrogen) atoms.